The number of carbonyl (C=O) groups excluding carboxylic acids is 1. The van der Waals surface area contributed by atoms with Gasteiger partial charge in [0.2, 0.25) is 5.91 Å². The fourth-order valence-corrected chi connectivity index (χ4v) is 3.78. The van der Waals surface area contributed by atoms with Crippen LogP contribution in [0.5, 0.6) is 0 Å². The summed E-state index contributed by atoms with van der Waals surface area (Å²) in [6.07, 6.45) is 0. The van der Waals surface area contributed by atoms with Crippen LogP contribution in [-0.2, 0) is 15.3 Å². The highest BCUT2D eigenvalue weighted by atomic mass is 35.5. The number of amides is 1. The van der Waals surface area contributed by atoms with E-state index < -0.39 is 0 Å². The molecule has 0 unspecified atom stereocenters. The average Bonchev–Trinajstić information content (AvgIpc) is 2.64. The van der Waals surface area contributed by atoms with Crippen LogP contribution in [0.3, 0.4) is 0 Å². The zero-order chi connectivity index (χ0) is 18.4. The Kier molecular flexibility index (Phi) is 6.83. The van der Waals surface area contributed by atoms with Gasteiger partial charge in [0.15, 0.2) is 0 Å². The van der Waals surface area contributed by atoms with E-state index in [0.29, 0.717) is 24.0 Å². The van der Waals surface area contributed by atoms with Crippen LogP contribution in [0.1, 0.15) is 11.1 Å². The maximum atomic E-state index is 12.4. The molecule has 1 saturated heterocycles. The summed E-state index contributed by atoms with van der Waals surface area (Å²) in [5, 5.41) is 3.63. The molecule has 0 spiro atoms. The third-order valence-corrected chi connectivity index (χ3v) is 5.45. The van der Waals surface area contributed by atoms with E-state index in [1.807, 2.05) is 18.2 Å². The van der Waals surface area contributed by atoms with Gasteiger partial charge in [0.1, 0.15) is 0 Å². The van der Waals surface area contributed by atoms with E-state index in [2.05, 4.69) is 41.4 Å². The van der Waals surface area contributed by atoms with Crippen molar-refractivity contribution in [1.82, 2.24) is 0 Å². The van der Waals surface area contributed by atoms with Gasteiger partial charge in [-0.2, -0.15) is 0 Å². The highest BCUT2D eigenvalue weighted by molar-refractivity contribution is 7.99. The van der Waals surface area contributed by atoms with Crippen molar-refractivity contribution < 1.29 is 9.53 Å². The summed E-state index contributed by atoms with van der Waals surface area (Å²) in [7, 11) is 0. The van der Waals surface area contributed by atoms with Gasteiger partial charge in [0.05, 0.1) is 30.3 Å². The van der Waals surface area contributed by atoms with Crippen molar-refractivity contribution in [3.63, 3.8) is 0 Å². The van der Waals surface area contributed by atoms with Crippen LogP contribution in [-0.4, -0.2) is 38.0 Å². The van der Waals surface area contributed by atoms with Crippen LogP contribution < -0.4 is 10.2 Å². The van der Waals surface area contributed by atoms with E-state index in [9.17, 15) is 4.79 Å². The van der Waals surface area contributed by atoms with Crippen molar-refractivity contribution in [3.8, 4) is 0 Å². The smallest absolute Gasteiger partial charge is 0.234 e. The molecule has 1 heterocycles. The minimum atomic E-state index is -0.0149. The van der Waals surface area contributed by atoms with Crippen molar-refractivity contribution >= 4 is 40.6 Å². The molecule has 0 saturated carbocycles. The maximum Gasteiger partial charge on any atom is 0.234 e. The molecular formula is C20H23ClN2O2S. The van der Waals surface area contributed by atoms with Crippen molar-refractivity contribution in [2.24, 2.45) is 0 Å². The number of nitrogens with zero attached hydrogens (tertiary/aromatic N) is 1. The number of hydrogen-bond acceptors (Lipinski definition) is 4. The second-order valence-corrected chi connectivity index (χ2v) is 7.71. The predicted molar refractivity (Wildman–Crippen MR) is 110 cm³/mol. The van der Waals surface area contributed by atoms with Gasteiger partial charge < -0.3 is 15.0 Å². The standard InChI is InChI=1S/C20H23ClN2O2S/c1-15-2-4-16(5-3-15)13-26-14-20(24)22-18-12-17(21)6-7-19(18)23-8-10-25-11-9-23/h2-7,12H,8-11,13-14H2,1H3,(H,22,24). The van der Waals surface area contributed by atoms with Crippen LogP contribution in [0.4, 0.5) is 11.4 Å². The first kappa shape index (κ1) is 19.1. The summed E-state index contributed by atoms with van der Waals surface area (Å²) in [6.45, 7) is 5.09. The Bertz CT molecular complexity index is 746. The summed E-state index contributed by atoms with van der Waals surface area (Å²) in [4.78, 5) is 14.6. The molecule has 2 aromatic rings. The number of carbonyl (C=O) groups is 1. The molecule has 1 N–H and O–H groups in total. The SMILES string of the molecule is Cc1ccc(CSCC(=O)Nc2cc(Cl)ccc2N2CCOCC2)cc1. The van der Waals surface area contributed by atoms with Crippen LogP contribution in [0.2, 0.25) is 5.02 Å². The Balaban J connectivity index is 1.57. The fraction of sp³-hybridized carbons (Fsp3) is 0.350. The highest BCUT2D eigenvalue weighted by Crippen LogP contribution is 2.30. The number of hydrogen-bond donors (Lipinski definition) is 1. The maximum absolute atomic E-state index is 12.4. The van der Waals surface area contributed by atoms with Gasteiger partial charge in [-0.15, -0.1) is 11.8 Å². The summed E-state index contributed by atoms with van der Waals surface area (Å²) in [5.41, 5.74) is 4.23. The predicted octanol–water partition coefficient (Wildman–Crippen LogP) is 4.36. The molecule has 1 amide bonds. The summed E-state index contributed by atoms with van der Waals surface area (Å²) in [5.74, 6) is 1.21. The zero-order valence-electron chi connectivity index (χ0n) is 14.8. The number of benzene rings is 2. The number of ether oxygens (including phenoxy) is 1. The van der Waals surface area contributed by atoms with E-state index in [1.165, 1.54) is 11.1 Å². The van der Waals surface area contributed by atoms with Crippen molar-refractivity contribution in [2.45, 2.75) is 12.7 Å². The van der Waals surface area contributed by atoms with Gasteiger partial charge in [-0.1, -0.05) is 41.4 Å². The Hall–Kier alpha value is -1.69. The molecule has 0 aromatic heterocycles. The van der Waals surface area contributed by atoms with Gasteiger partial charge >= 0.3 is 0 Å². The molecule has 0 bridgehead atoms. The number of rotatable bonds is 6. The Morgan fingerprint density at radius 2 is 1.92 bits per heavy atom. The van der Waals surface area contributed by atoms with Crippen LogP contribution in [0.25, 0.3) is 0 Å². The molecule has 4 nitrogen and oxygen atoms in total. The van der Waals surface area contributed by atoms with Gasteiger partial charge in [0.25, 0.3) is 0 Å². The lowest BCUT2D eigenvalue weighted by atomic mass is 10.2. The molecule has 2 aromatic carbocycles. The lowest BCUT2D eigenvalue weighted by Crippen LogP contribution is -2.36. The molecule has 6 heteroatoms. The molecule has 0 radical (unpaired) electrons. The molecule has 3 rings (SSSR count). The van der Waals surface area contributed by atoms with Crippen LogP contribution >= 0.6 is 23.4 Å². The van der Waals surface area contributed by atoms with E-state index >= 15 is 0 Å². The number of aryl methyl sites for hydroxylation is 1. The molecule has 1 aliphatic heterocycles. The summed E-state index contributed by atoms with van der Waals surface area (Å²) in [6, 6.07) is 14.0. The highest BCUT2D eigenvalue weighted by Gasteiger charge is 2.16. The molecule has 26 heavy (non-hydrogen) atoms. The average molecular weight is 391 g/mol. The van der Waals surface area contributed by atoms with Crippen LogP contribution in [0.15, 0.2) is 42.5 Å². The van der Waals surface area contributed by atoms with E-state index in [1.54, 1.807) is 11.8 Å². The van der Waals surface area contributed by atoms with Crippen molar-refractivity contribution in [2.75, 3.05) is 42.3 Å². The van der Waals surface area contributed by atoms with Gasteiger partial charge in [-0.3, -0.25) is 4.79 Å². The van der Waals surface area contributed by atoms with Gasteiger partial charge in [-0.25, -0.2) is 0 Å². The van der Waals surface area contributed by atoms with Gasteiger partial charge in [-0.05, 0) is 30.7 Å². The fourth-order valence-electron chi connectivity index (χ4n) is 2.82. The summed E-state index contributed by atoms with van der Waals surface area (Å²) >= 11 is 7.74. The third-order valence-electron chi connectivity index (χ3n) is 4.21. The Morgan fingerprint density at radius 1 is 1.19 bits per heavy atom. The van der Waals surface area contributed by atoms with E-state index in [4.69, 9.17) is 16.3 Å². The first-order chi connectivity index (χ1) is 12.6. The molecule has 1 aliphatic rings. The monoisotopic (exact) mass is 390 g/mol. The van der Waals surface area contributed by atoms with Crippen molar-refractivity contribution in [3.05, 3.63) is 58.6 Å². The third kappa shape index (κ3) is 5.40. The number of morpholine rings is 1. The molecular weight excluding hydrogens is 368 g/mol. The first-order valence-electron chi connectivity index (χ1n) is 8.67. The summed E-state index contributed by atoms with van der Waals surface area (Å²) < 4.78 is 5.41. The largest absolute Gasteiger partial charge is 0.378 e. The van der Waals surface area contributed by atoms with E-state index in [0.717, 1.165) is 30.2 Å². The second-order valence-electron chi connectivity index (χ2n) is 6.29. The number of thioether (sulfide) groups is 1. The molecule has 0 atom stereocenters. The zero-order valence-corrected chi connectivity index (χ0v) is 16.4. The van der Waals surface area contributed by atoms with Gasteiger partial charge in [0, 0.05) is 23.9 Å². The minimum absolute atomic E-state index is 0.0149. The minimum Gasteiger partial charge on any atom is -0.378 e. The quantitative estimate of drug-likeness (QED) is 0.795. The molecule has 138 valence electrons. The molecule has 0 aliphatic carbocycles. The Labute approximate surface area is 163 Å². The number of nitrogens with one attached hydrogen (secondary N) is 1. The topological polar surface area (TPSA) is 41.6 Å². The number of anilines is 2. The van der Waals surface area contributed by atoms with E-state index in [-0.39, 0.29) is 5.91 Å². The first-order valence-corrected chi connectivity index (χ1v) is 10.2. The molecule has 1 fully saturated rings. The Morgan fingerprint density at radius 3 is 2.65 bits per heavy atom. The second kappa shape index (κ2) is 9.31. The number of halogens is 1. The normalized spacial score (nSPS) is 14.3. The van der Waals surface area contributed by atoms with Crippen molar-refractivity contribution in [1.29, 1.82) is 0 Å². The lowest BCUT2D eigenvalue weighted by Gasteiger charge is -2.30. The lowest BCUT2D eigenvalue weighted by molar-refractivity contribution is -0.113. The van der Waals surface area contributed by atoms with Crippen LogP contribution in [0, 0.1) is 6.92 Å².